The van der Waals surface area contributed by atoms with Gasteiger partial charge in [0.2, 0.25) is 0 Å². The second kappa shape index (κ2) is 9.30. The molecule has 0 aliphatic carbocycles. The molecule has 0 saturated carbocycles. The highest BCUT2D eigenvalue weighted by Gasteiger charge is 2.27. The molecule has 2 aromatic carbocycles. The van der Waals surface area contributed by atoms with E-state index in [9.17, 15) is 13.2 Å². The first-order chi connectivity index (χ1) is 16.0. The van der Waals surface area contributed by atoms with Gasteiger partial charge in [-0.15, -0.1) is 0 Å². The summed E-state index contributed by atoms with van der Waals surface area (Å²) in [6.45, 7) is 1.43. The Morgan fingerprint density at radius 3 is 2.82 bits per heavy atom. The summed E-state index contributed by atoms with van der Waals surface area (Å²) in [7, 11) is 0. The van der Waals surface area contributed by atoms with E-state index >= 15 is 0 Å². The maximum Gasteiger partial charge on any atom is 0.139 e. The second-order valence-corrected chi connectivity index (χ2v) is 9.10. The number of rotatable bonds is 7. The molecule has 0 bridgehead atoms. The number of nitrogens with zero attached hydrogens (tertiary/aromatic N) is 3. The number of halogens is 4. The van der Waals surface area contributed by atoms with Crippen molar-refractivity contribution in [3.05, 3.63) is 64.5 Å². The minimum atomic E-state index is -0.931. The molecule has 1 aliphatic rings. The Bertz CT molecular complexity index is 1310. The summed E-state index contributed by atoms with van der Waals surface area (Å²) in [5.41, 5.74) is 2.90. The monoisotopic (exact) mass is 518 g/mol. The van der Waals surface area contributed by atoms with Crippen LogP contribution in [-0.4, -0.2) is 33.9 Å². The van der Waals surface area contributed by atoms with Gasteiger partial charge in [-0.2, -0.15) is 0 Å². The normalized spacial score (nSPS) is 18.4. The van der Waals surface area contributed by atoms with Gasteiger partial charge in [-0.1, -0.05) is 0 Å². The molecule has 2 atom stereocenters. The molecule has 5 nitrogen and oxygen atoms in total. The van der Waals surface area contributed by atoms with Gasteiger partial charge in [0, 0.05) is 36.1 Å². The van der Waals surface area contributed by atoms with E-state index in [0.717, 1.165) is 29.3 Å². The largest absolute Gasteiger partial charge is 0.493 e. The molecule has 4 aromatic rings. The fraction of sp³-hybridized carbons (Fsp3) is 0.333. The Labute approximate surface area is 197 Å². The molecule has 3 heterocycles. The van der Waals surface area contributed by atoms with Crippen molar-refractivity contribution in [1.29, 1.82) is 0 Å². The smallest absolute Gasteiger partial charge is 0.139 e. The summed E-state index contributed by atoms with van der Waals surface area (Å²) in [5.74, 6) is -0.130. The van der Waals surface area contributed by atoms with Gasteiger partial charge in [-0.05, 0) is 59.5 Å². The van der Waals surface area contributed by atoms with Crippen LogP contribution in [0.15, 0.2) is 47.3 Å². The van der Waals surface area contributed by atoms with Crippen LogP contribution >= 0.6 is 15.9 Å². The van der Waals surface area contributed by atoms with Crippen LogP contribution < -0.4 is 10.1 Å². The van der Waals surface area contributed by atoms with Crippen molar-refractivity contribution in [3.63, 3.8) is 0 Å². The van der Waals surface area contributed by atoms with Crippen LogP contribution in [0.2, 0.25) is 0 Å². The molecule has 1 fully saturated rings. The average molecular weight is 519 g/mol. The number of nitrogens with one attached hydrogen (secondary N) is 1. The van der Waals surface area contributed by atoms with E-state index in [0.29, 0.717) is 40.9 Å². The van der Waals surface area contributed by atoms with E-state index in [1.54, 1.807) is 24.7 Å². The van der Waals surface area contributed by atoms with Gasteiger partial charge in [0.15, 0.2) is 0 Å². The molecule has 9 heteroatoms. The Balaban J connectivity index is 1.24. The first-order valence-corrected chi connectivity index (χ1v) is 11.7. The molecule has 2 aromatic heterocycles. The van der Waals surface area contributed by atoms with E-state index in [1.807, 2.05) is 4.57 Å². The van der Waals surface area contributed by atoms with Crippen molar-refractivity contribution in [3.8, 4) is 5.75 Å². The summed E-state index contributed by atoms with van der Waals surface area (Å²) in [6, 6.07) is 7.29. The molecule has 0 unspecified atom stereocenters. The molecule has 0 amide bonds. The standard InChI is InChI=1S/C24H22BrF3N4O/c25-18-9-17-21(10-19(18)28)30-12-22-24(17)32(13-31-22)5-1-2-6-33-23-4-3-14(26)7-16(23)20-8-15(27)11-29-20/h3-4,7,9-10,12-13,15,20,29H,1-2,5-6,8,11H2/t15-,20+/m0/s1. The fourth-order valence-corrected chi connectivity index (χ4v) is 4.68. The Morgan fingerprint density at radius 2 is 2.00 bits per heavy atom. The lowest BCUT2D eigenvalue weighted by atomic mass is 10.0. The van der Waals surface area contributed by atoms with E-state index in [-0.39, 0.29) is 24.2 Å². The van der Waals surface area contributed by atoms with Gasteiger partial charge in [-0.3, -0.25) is 4.98 Å². The quantitative estimate of drug-likeness (QED) is 0.311. The van der Waals surface area contributed by atoms with Crippen molar-refractivity contribution < 1.29 is 17.9 Å². The van der Waals surface area contributed by atoms with E-state index in [1.165, 1.54) is 18.2 Å². The van der Waals surface area contributed by atoms with Crippen LogP contribution in [0.4, 0.5) is 13.2 Å². The lowest BCUT2D eigenvalue weighted by molar-refractivity contribution is 0.296. The maximum atomic E-state index is 13.9. The number of hydrogen-bond donors (Lipinski definition) is 1. The number of aromatic nitrogens is 3. The Hall–Kier alpha value is -2.65. The van der Waals surface area contributed by atoms with Crippen molar-refractivity contribution in [2.45, 2.75) is 38.0 Å². The highest BCUT2D eigenvalue weighted by Crippen LogP contribution is 2.33. The van der Waals surface area contributed by atoms with Gasteiger partial charge in [0.25, 0.3) is 0 Å². The maximum absolute atomic E-state index is 13.9. The molecule has 33 heavy (non-hydrogen) atoms. The summed E-state index contributed by atoms with van der Waals surface area (Å²) >= 11 is 3.25. The Kier molecular flexibility index (Phi) is 6.25. The average Bonchev–Trinajstić information content (AvgIpc) is 3.41. The van der Waals surface area contributed by atoms with Gasteiger partial charge >= 0.3 is 0 Å². The van der Waals surface area contributed by atoms with Gasteiger partial charge in [-0.25, -0.2) is 18.2 Å². The molecular formula is C24H22BrF3N4O. The number of aryl methyl sites for hydroxylation is 1. The highest BCUT2D eigenvalue weighted by molar-refractivity contribution is 9.10. The molecular weight excluding hydrogens is 497 g/mol. The van der Waals surface area contributed by atoms with Crippen molar-refractivity contribution in [2.75, 3.05) is 13.2 Å². The van der Waals surface area contributed by atoms with E-state index in [4.69, 9.17) is 4.74 Å². The molecule has 1 N–H and O–H groups in total. The predicted octanol–water partition coefficient (Wildman–Crippen LogP) is 5.86. The first-order valence-electron chi connectivity index (χ1n) is 10.9. The predicted molar refractivity (Wildman–Crippen MR) is 124 cm³/mol. The van der Waals surface area contributed by atoms with Crippen LogP contribution in [0.1, 0.15) is 30.9 Å². The third-order valence-electron chi connectivity index (χ3n) is 5.96. The topological polar surface area (TPSA) is 52.0 Å². The fourth-order valence-electron chi connectivity index (χ4n) is 4.34. The molecule has 5 rings (SSSR count). The number of benzene rings is 2. The summed E-state index contributed by atoms with van der Waals surface area (Å²) in [5, 5.41) is 3.92. The zero-order chi connectivity index (χ0) is 22.9. The van der Waals surface area contributed by atoms with Gasteiger partial charge < -0.3 is 14.6 Å². The van der Waals surface area contributed by atoms with E-state index in [2.05, 4.69) is 31.2 Å². The molecule has 0 radical (unpaired) electrons. The number of pyridine rings is 1. The first kappa shape index (κ1) is 22.2. The number of hydrogen-bond acceptors (Lipinski definition) is 4. The second-order valence-electron chi connectivity index (χ2n) is 8.25. The van der Waals surface area contributed by atoms with E-state index < -0.39 is 6.17 Å². The SMILES string of the molecule is Fc1ccc(OCCCCn2cnc3cnc4cc(F)c(Br)cc4c32)c([C@H]2C[C@H](F)CN2)c1. The van der Waals surface area contributed by atoms with Crippen LogP contribution in [0.25, 0.3) is 21.9 Å². The third-order valence-corrected chi connectivity index (χ3v) is 6.57. The molecule has 0 spiro atoms. The molecule has 1 aliphatic heterocycles. The van der Waals surface area contributed by atoms with Crippen LogP contribution in [-0.2, 0) is 6.54 Å². The summed E-state index contributed by atoms with van der Waals surface area (Å²) in [4.78, 5) is 8.73. The molecule has 1 saturated heterocycles. The number of fused-ring (bicyclic) bond motifs is 3. The van der Waals surface area contributed by atoms with Crippen LogP contribution in [0.5, 0.6) is 5.75 Å². The lowest BCUT2D eigenvalue weighted by Crippen LogP contribution is -2.15. The van der Waals surface area contributed by atoms with Crippen LogP contribution in [0, 0.1) is 11.6 Å². The van der Waals surface area contributed by atoms with Gasteiger partial charge in [0.05, 0.1) is 34.6 Å². The Morgan fingerprint density at radius 1 is 1.12 bits per heavy atom. The number of unbranched alkanes of at least 4 members (excludes halogenated alkanes) is 1. The third kappa shape index (κ3) is 4.56. The van der Waals surface area contributed by atoms with Crippen molar-refractivity contribution in [2.24, 2.45) is 0 Å². The number of ether oxygens (including phenoxy) is 1. The van der Waals surface area contributed by atoms with Crippen molar-refractivity contribution in [1.82, 2.24) is 19.9 Å². The minimum absolute atomic E-state index is 0.242. The molecule has 172 valence electrons. The number of alkyl halides is 1. The minimum Gasteiger partial charge on any atom is -0.493 e. The zero-order valence-corrected chi connectivity index (χ0v) is 19.3. The van der Waals surface area contributed by atoms with Crippen molar-refractivity contribution >= 4 is 37.9 Å². The zero-order valence-electron chi connectivity index (χ0n) is 17.7. The summed E-state index contributed by atoms with van der Waals surface area (Å²) < 4.78 is 49.6. The highest BCUT2D eigenvalue weighted by atomic mass is 79.9. The summed E-state index contributed by atoms with van der Waals surface area (Å²) in [6.07, 6.45) is 4.39. The van der Waals surface area contributed by atoms with Gasteiger partial charge in [0.1, 0.15) is 29.1 Å². The number of imidazole rings is 1. The van der Waals surface area contributed by atoms with Crippen LogP contribution in [0.3, 0.4) is 0 Å². The lowest BCUT2D eigenvalue weighted by Gasteiger charge is -2.16.